The Morgan fingerprint density at radius 3 is 2.47 bits per heavy atom. The van der Waals surface area contributed by atoms with E-state index in [1.807, 2.05) is 6.07 Å². The van der Waals surface area contributed by atoms with Crippen LogP contribution in [-0.2, 0) is 6.18 Å². The molecule has 0 saturated carbocycles. The zero-order valence-corrected chi connectivity index (χ0v) is 23.3. The Balaban J connectivity index is 1.83. The first-order valence-electron chi connectivity index (χ1n) is 11.6. The van der Waals surface area contributed by atoms with Crippen molar-refractivity contribution in [2.24, 2.45) is 10.5 Å². The minimum atomic E-state index is -4.55. The highest BCUT2D eigenvalue weighted by Crippen LogP contribution is 2.35. The number of halogens is 4. The molecule has 6 nitrogen and oxygen atoms in total. The van der Waals surface area contributed by atoms with Crippen LogP contribution in [0.1, 0.15) is 31.9 Å². The van der Waals surface area contributed by atoms with Crippen molar-refractivity contribution >= 4 is 39.7 Å². The van der Waals surface area contributed by atoms with Crippen LogP contribution in [0.4, 0.5) is 13.2 Å². The monoisotopic (exact) mass is 635 g/mol. The van der Waals surface area contributed by atoms with Crippen LogP contribution < -0.4 is 15.0 Å². The summed E-state index contributed by atoms with van der Waals surface area (Å²) in [4.78, 5) is 17.9. The number of para-hydroxylation sites is 1. The summed E-state index contributed by atoms with van der Waals surface area (Å²) in [5.74, 6) is 1.07. The lowest BCUT2D eigenvalue weighted by molar-refractivity contribution is -0.137. The van der Waals surface area contributed by atoms with Gasteiger partial charge in [0.05, 0.1) is 40.0 Å². The van der Waals surface area contributed by atoms with Gasteiger partial charge in [-0.1, -0.05) is 45.0 Å². The van der Waals surface area contributed by atoms with Crippen LogP contribution in [0.5, 0.6) is 11.5 Å². The molecule has 0 aliphatic rings. The summed E-state index contributed by atoms with van der Waals surface area (Å²) in [7, 11) is 1.53. The highest BCUT2D eigenvalue weighted by atomic mass is 127. The molecule has 0 atom stereocenters. The number of aromatic nitrogens is 2. The van der Waals surface area contributed by atoms with Gasteiger partial charge < -0.3 is 9.47 Å². The van der Waals surface area contributed by atoms with Crippen LogP contribution >= 0.6 is 22.6 Å². The van der Waals surface area contributed by atoms with Crippen LogP contribution in [0.15, 0.2) is 70.6 Å². The van der Waals surface area contributed by atoms with E-state index in [4.69, 9.17) is 9.47 Å². The van der Waals surface area contributed by atoms with Gasteiger partial charge in [0, 0.05) is 5.56 Å². The predicted molar refractivity (Wildman–Crippen MR) is 150 cm³/mol. The number of fused-ring (bicyclic) bond motifs is 1. The first-order valence-corrected chi connectivity index (χ1v) is 12.7. The topological polar surface area (TPSA) is 65.7 Å². The molecule has 4 aromatic rings. The minimum absolute atomic E-state index is 0.0113. The van der Waals surface area contributed by atoms with Gasteiger partial charge in [-0.15, -0.1) is 0 Å². The lowest BCUT2D eigenvalue weighted by atomic mass is 9.99. The van der Waals surface area contributed by atoms with Gasteiger partial charge in [-0.05, 0) is 70.0 Å². The van der Waals surface area contributed by atoms with Crippen molar-refractivity contribution in [2.45, 2.75) is 26.9 Å². The highest BCUT2D eigenvalue weighted by molar-refractivity contribution is 14.1. The van der Waals surface area contributed by atoms with E-state index < -0.39 is 17.3 Å². The molecule has 4 rings (SSSR count). The van der Waals surface area contributed by atoms with Crippen molar-refractivity contribution < 1.29 is 22.6 Å². The Morgan fingerprint density at radius 2 is 1.79 bits per heavy atom. The van der Waals surface area contributed by atoms with E-state index in [1.54, 1.807) is 30.3 Å². The maximum atomic E-state index is 13.4. The van der Waals surface area contributed by atoms with E-state index in [1.165, 1.54) is 25.5 Å². The van der Waals surface area contributed by atoms with Gasteiger partial charge >= 0.3 is 6.18 Å². The zero-order valence-electron chi connectivity index (χ0n) is 21.1. The Bertz CT molecular complexity index is 1570. The van der Waals surface area contributed by atoms with Gasteiger partial charge in [-0.3, -0.25) is 4.79 Å². The lowest BCUT2D eigenvalue weighted by Crippen LogP contribution is -2.20. The second kappa shape index (κ2) is 10.8. The smallest absolute Gasteiger partial charge is 0.416 e. The molecule has 0 aliphatic heterocycles. The summed E-state index contributed by atoms with van der Waals surface area (Å²) in [6, 6.07) is 14.8. The Morgan fingerprint density at radius 1 is 1.05 bits per heavy atom. The molecule has 1 aromatic heterocycles. The summed E-state index contributed by atoms with van der Waals surface area (Å²) in [6.07, 6.45) is -3.11. The van der Waals surface area contributed by atoms with Crippen LogP contribution in [0.3, 0.4) is 0 Å². The van der Waals surface area contributed by atoms with E-state index >= 15 is 0 Å². The molecule has 0 radical (unpaired) electrons. The normalized spacial score (nSPS) is 12.3. The van der Waals surface area contributed by atoms with Crippen LogP contribution in [0, 0.1) is 8.99 Å². The number of nitrogens with zero attached hydrogens (tertiary/aromatic N) is 3. The number of ether oxygens (including phenoxy) is 2. The number of hydrogen-bond acceptors (Lipinski definition) is 5. The molecule has 0 N–H and O–H groups in total. The number of methoxy groups -OCH3 is 1. The second-order valence-corrected chi connectivity index (χ2v) is 10.9. The van der Waals surface area contributed by atoms with Gasteiger partial charge in [-0.25, -0.2) is 4.98 Å². The van der Waals surface area contributed by atoms with Crippen molar-refractivity contribution in [3.63, 3.8) is 0 Å². The van der Waals surface area contributed by atoms with Crippen molar-refractivity contribution in [2.75, 3.05) is 13.7 Å². The minimum Gasteiger partial charge on any atom is -0.493 e. The molecule has 38 heavy (non-hydrogen) atoms. The fraction of sp³-hybridized carbons (Fsp3) is 0.250. The molecule has 10 heteroatoms. The third kappa shape index (κ3) is 6.17. The Labute approximate surface area is 231 Å². The zero-order chi connectivity index (χ0) is 27.7. The van der Waals surface area contributed by atoms with E-state index in [-0.39, 0.29) is 16.8 Å². The van der Waals surface area contributed by atoms with Gasteiger partial charge in [0.1, 0.15) is 0 Å². The summed E-state index contributed by atoms with van der Waals surface area (Å²) in [5, 5.41) is 4.65. The first kappa shape index (κ1) is 27.6. The maximum absolute atomic E-state index is 13.4. The number of rotatable bonds is 6. The van der Waals surface area contributed by atoms with Crippen LogP contribution in [0.25, 0.3) is 22.3 Å². The molecular weight excluding hydrogens is 610 g/mol. The molecule has 1 heterocycles. The molecule has 0 saturated heterocycles. The number of benzene rings is 3. The van der Waals surface area contributed by atoms with Crippen LogP contribution in [0.2, 0.25) is 0 Å². The van der Waals surface area contributed by atoms with Crippen LogP contribution in [-0.4, -0.2) is 29.6 Å². The summed E-state index contributed by atoms with van der Waals surface area (Å²) in [6.45, 7) is 6.66. The van der Waals surface area contributed by atoms with E-state index in [0.29, 0.717) is 34.6 Å². The van der Waals surface area contributed by atoms with Crippen molar-refractivity contribution in [1.82, 2.24) is 9.66 Å². The fourth-order valence-corrected chi connectivity index (χ4v) is 4.40. The molecule has 0 bridgehead atoms. The maximum Gasteiger partial charge on any atom is 0.416 e. The third-order valence-corrected chi connectivity index (χ3v) is 6.23. The summed E-state index contributed by atoms with van der Waals surface area (Å²) < 4.78 is 53.5. The van der Waals surface area contributed by atoms with Gasteiger partial charge in [0.15, 0.2) is 17.3 Å². The molecule has 0 unspecified atom stereocenters. The molecule has 0 amide bonds. The SMILES string of the molecule is COc1cc(C=Nn2c(-c3cccc(C(F)(F)F)c3)nc3ccccc3c2=O)cc(I)c1OCC(C)(C)C. The van der Waals surface area contributed by atoms with Crippen molar-refractivity contribution in [3.05, 3.63) is 85.7 Å². The standard InChI is InChI=1S/C28H25F3IN3O3/c1-27(2,3)16-38-24-21(32)12-17(13-23(24)37-4)15-33-35-25(18-8-7-9-19(14-18)28(29,30)31)34-22-11-6-5-10-20(22)26(35)36/h5-15H,16H2,1-4H3. The quantitative estimate of drug-likeness (QED) is 0.169. The van der Waals surface area contributed by atoms with Crippen molar-refractivity contribution in [1.29, 1.82) is 0 Å². The van der Waals surface area contributed by atoms with E-state index in [0.717, 1.165) is 20.4 Å². The Hall–Kier alpha value is -3.41. The average Bonchev–Trinajstić information content (AvgIpc) is 2.86. The molecular formula is C28H25F3IN3O3. The second-order valence-electron chi connectivity index (χ2n) is 9.78. The van der Waals surface area contributed by atoms with E-state index in [9.17, 15) is 18.0 Å². The average molecular weight is 635 g/mol. The van der Waals surface area contributed by atoms with Crippen molar-refractivity contribution in [3.8, 4) is 22.9 Å². The summed E-state index contributed by atoms with van der Waals surface area (Å²) >= 11 is 2.13. The lowest BCUT2D eigenvalue weighted by Gasteiger charge is -2.21. The fourth-order valence-electron chi connectivity index (χ4n) is 3.62. The van der Waals surface area contributed by atoms with Gasteiger partial charge in [-0.2, -0.15) is 22.9 Å². The van der Waals surface area contributed by atoms with Gasteiger partial charge in [0.25, 0.3) is 5.56 Å². The molecule has 0 fully saturated rings. The highest BCUT2D eigenvalue weighted by Gasteiger charge is 2.31. The number of alkyl halides is 3. The predicted octanol–water partition coefficient (Wildman–Crippen LogP) is 7.00. The van der Waals surface area contributed by atoms with Gasteiger partial charge in [0.2, 0.25) is 0 Å². The molecule has 0 aliphatic carbocycles. The first-order chi connectivity index (χ1) is 17.9. The molecule has 3 aromatic carbocycles. The summed E-state index contributed by atoms with van der Waals surface area (Å²) in [5.41, 5.74) is -0.349. The molecule has 198 valence electrons. The number of hydrogen-bond donors (Lipinski definition) is 0. The largest absolute Gasteiger partial charge is 0.493 e. The third-order valence-electron chi connectivity index (χ3n) is 5.43. The van der Waals surface area contributed by atoms with E-state index in [2.05, 4.69) is 53.4 Å². The Kier molecular flexibility index (Phi) is 7.82. The molecule has 0 spiro atoms.